The van der Waals surface area contributed by atoms with Gasteiger partial charge in [0.15, 0.2) is 0 Å². The minimum atomic E-state index is 0.269. The van der Waals surface area contributed by atoms with Crippen LogP contribution in [0.3, 0.4) is 0 Å². The molecule has 12 heavy (non-hydrogen) atoms. The molecule has 0 aliphatic heterocycles. The molecule has 0 aromatic carbocycles. The van der Waals surface area contributed by atoms with E-state index in [2.05, 4.69) is 46.5 Å². The van der Waals surface area contributed by atoms with E-state index in [-0.39, 0.29) is 5.41 Å². The zero-order valence-corrected chi connectivity index (χ0v) is 9.44. The topological polar surface area (TPSA) is 12.4 Å². The number of rotatable bonds is 4. The molecule has 0 bridgehead atoms. The maximum absolute atomic E-state index is 4.55. The summed E-state index contributed by atoms with van der Waals surface area (Å²) in [6, 6.07) is 0. The molecule has 0 atom stereocenters. The molecule has 0 saturated heterocycles. The molecular weight excluding hydrogens is 146 g/mol. The van der Waals surface area contributed by atoms with Gasteiger partial charge in [0.25, 0.3) is 0 Å². The Kier molecular flexibility index (Phi) is 4.51. The Hall–Kier alpha value is -0.330. The van der Waals surface area contributed by atoms with E-state index in [9.17, 15) is 0 Å². The molecule has 0 rings (SSSR count). The lowest BCUT2D eigenvalue weighted by atomic mass is 9.76. The van der Waals surface area contributed by atoms with E-state index in [0.717, 1.165) is 13.0 Å². The zero-order valence-electron chi connectivity index (χ0n) is 9.44. The van der Waals surface area contributed by atoms with E-state index in [1.165, 1.54) is 5.71 Å². The van der Waals surface area contributed by atoms with Crippen LogP contribution in [-0.4, -0.2) is 12.3 Å². The maximum atomic E-state index is 4.55. The van der Waals surface area contributed by atoms with E-state index in [4.69, 9.17) is 0 Å². The Morgan fingerprint density at radius 2 is 1.75 bits per heavy atom. The van der Waals surface area contributed by atoms with Gasteiger partial charge >= 0.3 is 0 Å². The molecule has 0 aromatic heterocycles. The summed E-state index contributed by atoms with van der Waals surface area (Å²) in [4.78, 5) is 4.55. The predicted octanol–water partition coefficient (Wildman–Crippen LogP) is 3.54. The SMILES string of the molecule is CCN=C(CC)C(C)(C)C(C)C. The van der Waals surface area contributed by atoms with Crippen molar-refractivity contribution in [2.45, 2.75) is 48.0 Å². The Labute approximate surface area is 77.3 Å². The molecule has 0 radical (unpaired) electrons. The summed E-state index contributed by atoms with van der Waals surface area (Å²) < 4.78 is 0. The molecule has 0 saturated carbocycles. The molecule has 0 spiro atoms. The number of hydrogen-bond acceptors (Lipinski definition) is 1. The lowest BCUT2D eigenvalue weighted by molar-refractivity contribution is 0.359. The summed E-state index contributed by atoms with van der Waals surface area (Å²) >= 11 is 0. The molecule has 72 valence electrons. The van der Waals surface area contributed by atoms with Crippen molar-refractivity contribution in [1.29, 1.82) is 0 Å². The van der Waals surface area contributed by atoms with Crippen LogP contribution in [0.25, 0.3) is 0 Å². The van der Waals surface area contributed by atoms with Gasteiger partial charge in [-0.3, -0.25) is 4.99 Å². The second kappa shape index (κ2) is 4.64. The highest BCUT2D eigenvalue weighted by Crippen LogP contribution is 2.29. The molecule has 1 nitrogen and oxygen atoms in total. The van der Waals surface area contributed by atoms with Gasteiger partial charge in [-0.2, -0.15) is 0 Å². The first-order valence-corrected chi connectivity index (χ1v) is 5.00. The smallest absolute Gasteiger partial charge is 0.0360 e. The van der Waals surface area contributed by atoms with Crippen molar-refractivity contribution in [3.63, 3.8) is 0 Å². The van der Waals surface area contributed by atoms with E-state index >= 15 is 0 Å². The van der Waals surface area contributed by atoms with Gasteiger partial charge in [0.05, 0.1) is 0 Å². The fourth-order valence-corrected chi connectivity index (χ4v) is 1.30. The van der Waals surface area contributed by atoms with Crippen molar-refractivity contribution in [3.05, 3.63) is 0 Å². The molecular formula is C11H23N. The average molecular weight is 169 g/mol. The molecule has 0 aromatic rings. The Balaban J connectivity index is 4.59. The standard InChI is InChI=1S/C11H23N/c1-7-10(12-8-2)11(5,6)9(3)4/h9H,7-8H2,1-6H3. The summed E-state index contributed by atoms with van der Waals surface area (Å²) in [5.74, 6) is 0.669. The molecule has 0 aliphatic carbocycles. The highest BCUT2D eigenvalue weighted by Gasteiger charge is 2.26. The first-order chi connectivity index (χ1) is 5.46. The lowest BCUT2D eigenvalue weighted by Gasteiger charge is -2.30. The number of aliphatic imine (C=N–C) groups is 1. The molecule has 0 amide bonds. The third-order valence-corrected chi connectivity index (χ3v) is 2.87. The Morgan fingerprint density at radius 1 is 1.25 bits per heavy atom. The van der Waals surface area contributed by atoms with Crippen molar-refractivity contribution in [3.8, 4) is 0 Å². The van der Waals surface area contributed by atoms with Gasteiger partial charge in [0.2, 0.25) is 0 Å². The van der Waals surface area contributed by atoms with Gasteiger partial charge in [-0.25, -0.2) is 0 Å². The van der Waals surface area contributed by atoms with Crippen LogP contribution in [0.2, 0.25) is 0 Å². The number of hydrogen-bond donors (Lipinski definition) is 0. The fraction of sp³-hybridized carbons (Fsp3) is 0.909. The summed E-state index contributed by atoms with van der Waals surface area (Å²) in [6.07, 6.45) is 1.08. The van der Waals surface area contributed by atoms with Crippen LogP contribution < -0.4 is 0 Å². The number of nitrogens with zero attached hydrogens (tertiary/aromatic N) is 1. The average Bonchev–Trinajstić information content (AvgIpc) is 1.99. The lowest BCUT2D eigenvalue weighted by Crippen LogP contribution is -2.29. The first-order valence-electron chi connectivity index (χ1n) is 5.00. The van der Waals surface area contributed by atoms with Gasteiger partial charge in [-0.1, -0.05) is 34.6 Å². The monoisotopic (exact) mass is 169 g/mol. The van der Waals surface area contributed by atoms with Crippen LogP contribution in [-0.2, 0) is 0 Å². The van der Waals surface area contributed by atoms with Crippen LogP contribution >= 0.6 is 0 Å². The predicted molar refractivity (Wildman–Crippen MR) is 56.9 cm³/mol. The second-order valence-corrected chi connectivity index (χ2v) is 4.15. The molecule has 0 N–H and O–H groups in total. The largest absolute Gasteiger partial charge is 0.294 e. The highest BCUT2D eigenvalue weighted by atomic mass is 14.7. The molecule has 0 aliphatic rings. The van der Waals surface area contributed by atoms with Crippen LogP contribution in [0.15, 0.2) is 4.99 Å². The van der Waals surface area contributed by atoms with Gasteiger partial charge in [0.1, 0.15) is 0 Å². The normalized spacial score (nSPS) is 14.1. The van der Waals surface area contributed by atoms with E-state index < -0.39 is 0 Å². The van der Waals surface area contributed by atoms with Gasteiger partial charge in [-0.05, 0) is 19.3 Å². The van der Waals surface area contributed by atoms with Crippen LogP contribution in [0.4, 0.5) is 0 Å². The van der Waals surface area contributed by atoms with Gasteiger partial charge in [0, 0.05) is 17.7 Å². The fourth-order valence-electron chi connectivity index (χ4n) is 1.30. The Morgan fingerprint density at radius 3 is 2.00 bits per heavy atom. The van der Waals surface area contributed by atoms with E-state index in [0.29, 0.717) is 5.92 Å². The minimum absolute atomic E-state index is 0.269. The molecule has 0 unspecified atom stereocenters. The summed E-state index contributed by atoms with van der Waals surface area (Å²) in [6.45, 7) is 14.3. The Bertz CT molecular complexity index is 154. The van der Waals surface area contributed by atoms with E-state index in [1.807, 2.05) is 0 Å². The molecule has 0 fully saturated rings. The quantitative estimate of drug-likeness (QED) is 0.571. The summed E-state index contributed by atoms with van der Waals surface area (Å²) in [7, 11) is 0. The minimum Gasteiger partial charge on any atom is -0.294 e. The van der Waals surface area contributed by atoms with Crippen LogP contribution in [0, 0.1) is 11.3 Å². The van der Waals surface area contributed by atoms with Crippen molar-refractivity contribution in [2.75, 3.05) is 6.54 Å². The van der Waals surface area contributed by atoms with E-state index in [1.54, 1.807) is 0 Å². The second-order valence-electron chi connectivity index (χ2n) is 4.15. The summed E-state index contributed by atoms with van der Waals surface area (Å²) in [5.41, 5.74) is 1.63. The zero-order chi connectivity index (χ0) is 9.78. The van der Waals surface area contributed by atoms with Gasteiger partial charge in [-0.15, -0.1) is 0 Å². The van der Waals surface area contributed by atoms with Crippen LogP contribution in [0.5, 0.6) is 0 Å². The van der Waals surface area contributed by atoms with Crippen molar-refractivity contribution in [2.24, 2.45) is 16.3 Å². The van der Waals surface area contributed by atoms with Crippen molar-refractivity contribution in [1.82, 2.24) is 0 Å². The van der Waals surface area contributed by atoms with Crippen molar-refractivity contribution >= 4 is 5.71 Å². The highest BCUT2D eigenvalue weighted by molar-refractivity contribution is 5.89. The van der Waals surface area contributed by atoms with Gasteiger partial charge < -0.3 is 0 Å². The first kappa shape index (κ1) is 11.7. The molecule has 0 heterocycles. The van der Waals surface area contributed by atoms with Crippen molar-refractivity contribution < 1.29 is 0 Å². The molecule has 1 heteroatoms. The maximum Gasteiger partial charge on any atom is 0.0360 e. The summed E-state index contributed by atoms with van der Waals surface area (Å²) in [5, 5.41) is 0. The third-order valence-electron chi connectivity index (χ3n) is 2.87. The third kappa shape index (κ3) is 2.62. The van der Waals surface area contributed by atoms with Crippen LogP contribution in [0.1, 0.15) is 48.0 Å².